The van der Waals surface area contributed by atoms with E-state index in [4.69, 9.17) is 14.2 Å². The Morgan fingerprint density at radius 2 is 1.81 bits per heavy atom. The van der Waals surface area contributed by atoms with Gasteiger partial charge in [-0.1, -0.05) is 35.9 Å². The molecule has 0 aliphatic heterocycles. The monoisotopic (exact) mass is 371 g/mol. The Morgan fingerprint density at radius 1 is 1.07 bits per heavy atom. The molecule has 1 amide bonds. The molecule has 0 fully saturated rings. The van der Waals surface area contributed by atoms with E-state index in [1.165, 1.54) is 6.92 Å². The molecular formula is C21H25NO5. The molecule has 2 aromatic carbocycles. The topological polar surface area (TPSA) is 73.9 Å². The van der Waals surface area contributed by atoms with Crippen LogP contribution in [0.5, 0.6) is 11.5 Å². The van der Waals surface area contributed by atoms with E-state index in [-0.39, 0.29) is 19.1 Å². The van der Waals surface area contributed by atoms with Crippen molar-refractivity contribution in [3.63, 3.8) is 0 Å². The number of esters is 1. The molecule has 1 atom stereocenters. The van der Waals surface area contributed by atoms with Gasteiger partial charge in [-0.15, -0.1) is 0 Å². The van der Waals surface area contributed by atoms with Crippen LogP contribution in [0.15, 0.2) is 42.5 Å². The number of hydrogen-bond donors (Lipinski definition) is 1. The summed E-state index contributed by atoms with van der Waals surface area (Å²) in [7, 11) is 1.57. The highest BCUT2D eigenvalue weighted by Crippen LogP contribution is 2.19. The van der Waals surface area contributed by atoms with Crippen LogP contribution in [0.25, 0.3) is 0 Å². The fourth-order valence-electron chi connectivity index (χ4n) is 2.56. The van der Waals surface area contributed by atoms with Crippen LogP contribution in [0.3, 0.4) is 0 Å². The summed E-state index contributed by atoms with van der Waals surface area (Å²) in [5.74, 6) is 0.311. The second kappa shape index (κ2) is 9.62. The summed E-state index contributed by atoms with van der Waals surface area (Å²) in [5, 5.41) is 2.73. The van der Waals surface area contributed by atoms with Crippen LogP contribution in [-0.2, 0) is 20.9 Å². The molecule has 0 heterocycles. The van der Waals surface area contributed by atoms with Gasteiger partial charge in [0.05, 0.1) is 7.11 Å². The summed E-state index contributed by atoms with van der Waals surface area (Å²) in [6.45, 7) is 5.43. The van der Waals surface area contributed by atoms with Gasteiger partial charge >= 0.3 is 5.97 Å². The van der Waals surface area contributed by atoms with Gasteiger partial charge < -0.3 is 19.5 Å². The molecule has 1 N–H and O–H groups in total. The van der Waals surface area contributed by atoms with Crippen molar-refractivity contribution in [2.75, 3.05) is 13.7 Å². The summed E-state index contributed by atoms with van der Waals surface area (Å²) in [6.07, 6.45) is -0.921. The number of aryl methyl sites for hydroxylation is 2. The van der Waals surface area contributed by atoms with Crippen molar-refractivity contribution in [1.82, 2.24) is 5.32 Å². The Morgan fingerprint density at radius 3 is 2.52 bits per heavy atom. The lowest BCUT2D eigenvalue weighted by molar-refractivity contribution is -0.156. The maximum atomic E-state index is 12.1. The smallest absolute Gasteiger partial charge is 0.344 e. The second-order valence-corrected chi connectivity index (χ2v) is 6.22. The Balaban J connectivity index is 1.80. The average Bonchev–Trinajstić information content (AvgIpc) is 2.65. The van der Waals surface area contributed by atoms with Gasteiger partial charge in [-0.25, -0.2) is 4.79 Å². The van der Waals surface area contributed by atoms with Crippen molar-refractivity contribution in [2.45, 2.75) is 33.4 Å². The first kappa shape index (κ1) is 20.3. The van der Waals surface area contributed by atoms with Crippen LogP contribution in [0.4, 0.5) is 0 Å². The highest BCUT2D eigenvalue weighted by molar-refractivity contribution is 5.83. The largest absolute Gasteiger partial charge is 0.496 e. The molecule has 2 aromatic rings. The molecule has 0 unspecified atom stereocenters. The Kier molecular flexibility index (Phi) is 7.23. The summed E-state index contributed by atoms with van der Waals surface area (Å²) in [6, 6.07) is 13.1. The highest BCUT2D eigenvalue weighted by atomic mass is 16.6. The zero-order chi connectivity index (χ0) is 19.8. The molecule has 0 bridgehead atoms. The number of amides is 1. The summed E-state index contributed by atoms with van der Waals surface area (Å²) >= 11 is 0. The van der Waals surface area contributed by atoms with Gasteiger partial charge in [0.15, 0.2) is 12.7 Å². The Hall–Kier alpha value is -3.02. The van der Waals surface area contributed by atoms with Gasteiger partial charge in [0.2, 0.25) is 0 Å². The molecule has 0 aliphatic rings. The average molecular weight is 371 g/mol. The first-order valence-electron chi connectivity index (χ1n) is 8.70. The van der Waals surface area contributed by atoms with Gasteiger partial charge in [0.25, 0.3) is 5.91 Å². The van der Waals surface area contributed by atoms with Crippen molar-refractivity contribution in [3.05, 3.63) is 59.2 Å². The highest BCUT2D eigenvalue weighted by Gasteiger charge is 2.18. The van der Waals surface area contributed by atoms with Crippen molar-refractivity contribution in [2.24, 2.45) is 0 Å². The maximum Gasteiger partial charge on any atom is 0.344 e. The van der Waals surface area contributed by atoms with Crippen molar-refractivity contribution in [1.29, 1.82) is 0 Å². The van der Waals surface area contributed by atoms with E-state index < -0.39 is 12.1 Å². The third kappa shape index (κ3) is 6.02. The summed E-state index contributed by atoms with van der Waals surface area (Å²) < 4.78 is 15.8. The molecule has 0 radical (unpaired) electrons. The lowest BCUT2D eigenvalue weighted by Crippen LogP contribution is -2.36. The molecule has 6 heteroatoms. The second-order valence-electron chi connectivity index (χ2n) is 6.22. The zero-order valence-electron chi connectivity index (χ0n) is 16.1. The zero-order valence-corrected chi connectivity index (χ0v) is 16.1. The Labute approximate surface area is 159 Å². The van der Waals surface area contributed by atoms with Crippen LogP contribution in [0.2, 0.25) is 0 Å². The molecule has 0 saturated heterocycles. The molecule has 144 valence electrons. The minimum Gasteiger partial charge on any atom is -0.496 e. The number of para-hydroxylation sites is 1. The lowest BCUT2D eigenvalue weighted by atomic mass is 10.1. The number of nitrogens with one attached hydrogen (secondary N) is 1. The summed E-state index contributed by atoms with van der Waals surface area (Å²) in [5.41, 5.74) is 2.89. The van der Waals surface area contributed by atoms with E-state index in [9.17, 15) is 9.59 Å². The van der Waals surface area contributed by atoms with E-state index in [1.807, 2.05) is 50.2 Å². The van der Waals surface area contributed by atoms with Crippen LogP contribution < -0.4 is 14.8 Å². The van der Waals surface area contributed by atoms with Crippen LogP contribution >= 0.6 is 0 Å². The SMILES string of the molecule is COc1ccccc1CNC(=O)[C@H](C)OC(=O)COc1ccc(C)cc1C. The van der Waals surface area contributed by atoms with E-state index in [0.29, 0.717) is 11.5 Å². The molecule has 6 nitrogen and oxygen atoms in total. The van der Waals surface area contributed by atoms with Crippen molar-refractivity contribution >= 4 is 11.9 Å². The predicted octanol–water partition coefficient (Wildman–Crippen LogP) is 2.94. The lowest BCUT2D eigenvalue weighted by Gasteiger charge is -2.15. The number of rotatable bonds is 8. The minimum atomic E-state index is -0.921. The van der Waals surface area contributed by atoms with Gasteiger partial charge in [-0.05, 0) is 38.5 Å². The minimum absolute atomic E-state index is 0.256. The summed E-state index contributed by atoms with van der Waals surface area (Å²) in [4.78, 5) is 24.1. The molecule has 0 saturated carbocycles. The molecular weight excluding hydrogens is 346 g/mol. The maximum absolute atomic E-state index is 12.1. The van der Waals surface area contributed by atoms with Crippen molar-refractivity contribution < 1.29 is 23.8 Å². The van der Waals surface area contributed by atoms with E-state index in [0.717, 1.165) is 16.7 Å². The molecule has 0 aliphatic carbocycles. The van der Waals surface area contributed by atoms with E-state index in [1.54, 1.807) is 13.2 Å². The van der Waals surface area contributed by atoms with Crippen molar-refractivity contribution in [3.8, 4) is 11.5 Å². The van der Waals surface area contributed by atoms with Crippen LogP contribution in [0.1, 0.15) is 23.6 Å². The van der Waals surface area contributed by atoms with Gasteiger partial charge in [-0.3, -0.25) is 4.79 Å². The van der Waals surface area contributed by atoms with E-state index in [2.05, 4.69) is 5.32 Å². The normalized spacial score (nSPS) is 11.4. The molecule has 27 heavy (non-hydrogen) atoms. The fourth-order valence-corrected chi connectivity index (χ4v) is 2.56. The molecule has 2 rings (SSSR count). The number of hydrogen-bond acceptors (Lipinski definition) is 5. The number of benzene rings is 2. The number of methoxy groups -OCH3 is 1. The van der Waals surface area contributed by atoms with Gasteiger partial charge in [-0.2, -0.15) is 0 Å². The quantitative estimate of drug-likeness (QED) is 0.722. The molecule has 0 spiro atoms. The van der Waals surface area contributed by atoms with Gasteiger partial charge in [0.1, 0.15) is 11.5 Å². The number of carbonyl (C=O) groups excluding carboxylic acids is 2. The third-order valence-corrected chi connectivity index (χ3v) is 4.00. The Bertz CT molecular complexity index is 803. The van der Waals surface area contributed by atoms with Gasteiger partial charge in [0, 0.05) is 12.1 Å². The fraction of sp³-hybridized carbons (Fsp3) is 0.333. The molecule has 0 aromatic heterocycles. The van der Waals surface area contributed by atoms with Crippen LogP contribution in [0, 0.1) is 13.8 Å². The first-order valence-corrected chi connectivity index (χ1v) is 8.70. The number of carbonyl (C=O) groups is 2. The predicted molar refractivity (Wildman–Crippen MR) is 102 cm³/mol. The number of ether oxygens (including phenoxy) is 3. The van der Waals surface area contributed by atoms with Crippen LogP contribution in [-0.4, -0.2) is 31.7 Å². The standard InChI is InChI=1S/C21H25NO5/c1-14-9-10-18(15(2)11-14)26-13-20(23)27-16(3)21(24)22-12-17-7-5-6-8-19(17)25-4/h5-11,16H,12-13H2,1-4H3,(H,22,24)/t16-/m0/s1. The third-order valence-electron chi connectivity index (χ3n) is 4.00. The first-order chi connectivity index (χ1) is 12.9. The van der Waals surface area contributed by atoms with E-state index >= 15 is 0 Å².